The molecule has 2 aromatic rings. The third-order valence-electron chi connectivity index (χ3n) is 3.98. The molecule has 0 radical (unpaired) electrons. The third-order valence-corrected chi connectivity index (χ3v) is 6.76. The summed E-state index contributed by atoms with van der Waals surface area (Å²) in [4.78, 5) is 6.78. The molecule has 122 valence electrons. The van der Waals surface area contributed by atoms with Gasteiger partial charge in [-0.25, -0.2) is 13.4 Å². The third kappa shape index (κ3) is 3.41. The zero-order valence-electron chi connectivity index (χ0n) is 12.8. The van der Waals surface area contributed by atoms with Crippen LogP contribution >= 0.6 is 15.9 Å². The Hall–Kier alpha value is -1.44. The summed E-state index contributed by atoms with van der Waals surface area (Å²) in [6.07, 6.45) is 1.75. The molecule has 0 spiro atoms. The molecule has 2 heterocycles. The van der Waals surface area contributed by atoms with E-state index in [1.54, 1.807) is 28.7 Å². The van der Waals surface area contributed by atoms with Crippen molar-refractivity contribution in [1.82, 2.24) is 9.29 Å². The molecule has 0 aliphatic carbocycles. The van der Waals surface area contributed by atoms with E-state index >= 15 is 0 Å². The molecule has 0 bridgehead atoms. The lowest BCUT2D eigenvalue weighted by atomic mass is 10.2. The molecule has 1 aliphatic rings. The summed E-state index contributed by atoms with van der Waals surface area (Å²) in [5.74, 6) is 0.893. The number of piperazine rings is 1. The lowest BCUT2D eigenvalue weighted by Crippen LogP contribution is -2.48. The van der Waals surface area contributed by atoms with Gasteiger partial charge in [0.05, 0.1) is 4.90 Å². The van der Waals surface area contributed by atoms with Crippen LogP contribution in [0.4, 0.5) is 5.82 Å². The van der Waals surface area contributed by atoms with Gasteiger partial charge in [0.25, 0.3) is 0 Å². The number of sulfonamides is 1. The van der Waals surface area contributed by atoms with E-state index in [0.29, 0.717) is 31.1 Å². The maximum Gasteiger partial charge on any atom is 0.243 e. The summed E-state index contributed by atoms with van der Waals surface area (Å²) >= 11 is 3.40. The molecule has 1 aromatic heterocycles. The highest BCUT2D eigenvalue weighted by molar-refractivity contribution is 9.10. The number of pyridine rings is 1. The van der Waals surface area contributed by atoms with Gasteiger partial charge in [-0.15, -0.1) is 0 Å². The van der Waals surface area contributed by atoms with Crippen molar-refractivity contribution < 1.29 is 8.42 Å². The molecule has 0 amide bonds. The first-order chi connectivity index (χ1) is 11.0. The summed E-state index contributed by atoms with van der Waals surface area (Å²) in [7, 11) is -3.44. The quantitative estimate of drug-likeness (QED) is 0.801. The predicted molar refractivity (Wildman–Crippen MR) is 94.1 cm³/mol. The van der Waals surface area contributed by atoms with Crippen LogP contribution in [0.5, 0.6) is 0 Å². The number of nitrogens with zero attached hydrogens (tertiary/aromatic N) is 3. The van der Waals surface area contributed by atoms with Crippen LogP contribution in [0.1, 0.15) is 5.56 Å². The van der Waals surface area contributed by atoms with Gasteiger partial charge >= 0.3 is 0 Å². The molecular formula is C16H18BrN3O2S. The standard InChI is InChI=1S/C16H18BrN3O2S/c1-13-12-14(5-6-15(13)17)23(21,22)20-10-8-19(9-11-20)16-4-2-3-7-18-16/h2-7,12H,8-11H2,1H3. The monoisotopic (exact) mass is 395 g/mol. The first kappa shape index (κ1) is 16.4. The van der Waals surface area contributed by atoms with E-state index in [1.807, 2.05) is 25.1 Å². The van der Waals surface area contributed by atoms with Gasteiger partial charge in [0.15, 0.2) is 0 Å². The Kier molecular flexibility index (Phi) is 4.70. The van der Waals surface area contributed by atoms with Crippen LogP contribution in [0.2, 0.25) is 0 Å². The summed E-state index contributed by atoms with van der Waals surface area (Å²) in [6, 6.07) is 10.9. The smallest absolute Gasteiger partial charge is 0.243 e. The largest absolute Gasteiger partial charge is 0.354 e. The molecule has 0 N–H and O–H groups in total. The second kappa shape index (κ2) is 6.59. The Balaban J connectivity index is 1.75. The number of hydrogen-bond acceptors (Lipinski definition) is 4. The Morgan fingerprint density at radius 1 is 1.09 bits per heavy atom. The molecule has 5 nitrogen and oxygen atoms in total. The zero-order chi connectivity index (χ0) is 16.4. The normalized spacial score (nSPS) is 16.5. The highest BCUT2D eigenvalue weighted by Crippen LogP contribution is 2.24. The maximum absolute atomic E-state index is 12.8. The second-order valence-electron chi connectivity index (χ2n) is 5.49. The van der Waals surface area contributed by atoms with Crippen molar-refractivity contribution in [3.63, 3.8) is 0 Å². The fraction of sp³-hybridized carbons (Fsp3) is 0.312. The lowest BCUT2D eigenvalue weighted by Gasteiger charge is -2.34. The van der Waals surface area contributed by atoms with E-state index in [9.17, 15) is 8.42 Å². The molecule has 3 rings (SSSR count). The highest BCUT2D eigenvalue weighted by Gasteiger charge is 2.29. The number of aryl methyl sites for hydroxylation is 1. The predicted octanol–water partition coefficient (Wildman–Crippen LogP) is 2.66. The fourth-order valence-corrected chi connectivity index (χ4v) is 4.38. The van der Waals surface area contributed by atoms with Gasteiger partial charge in [-0.2, -0.15) is 4.31 Å². The van der Waals surface area contributed by atoms with Crippen LogP contribution in [-0.2, 0) is 10.0 Å². The van der Waals surface area contributed by atoms with Crippen molar-refractivity contribution in [1.29, 1.82) is 0 Å². The van der Waals surface area contributed by atoms with Crippen molar-refractivity contribution in [2.75, 3.05) is 31.1 Å². The van der Waals surface area contributed by atoms with E-state index in [2.05, 4.69) is 25.8 Å². The van der Waals surface area contributed by atoms with Crippen LogP contribution in [-0.4, -0.2) is 43.9 Å². The SMILES string of the molecule is Cc1cc(S(=O)(=O)N2CCN(c3ccccn3)CC2)ccc1Br. The number of aromatic nitrogens is 1. The minimum Gasteiger partial charge on any atom is -0.354 e. The van der Waals surface area contributed by atoms with Crippen LogP contribution in [0.25, 0.3) is 0 Å². The molecule has 1 fully saturated rings. The van der Waals surface area contributed by atoms with Gasteiger partial charge in [-0.05, 0) is 42.8 Å². The molecule has 1 saturated heterocycles. The molecule has 23 heavy (non-hydrogen) atoms. The van der Waals surface area contributed by atoms with Gasteiger partial charge in [-0.3, -0.25) is 0 Å². The average molecular weight is 396 g/mol. The Bertz CT molecular complexity index is 788. The lowest BCUT2D eigenvalue weighted by molar-refractivity contribution is 0.384. The summed E-state index contributed by atoms with van der Waals surface area (Å²) in [5.41, 5.74) is 0.915. The molecule has 0 atom stereocenters. The average Bonchev–Trinajstić information content (AvgIpc) is 2.58. The summed E-state index contributed by atoms with van der Waals surface area (Å²) in [6.45, 7) is 4.11. The van der Waals surface area contributed by atoms with Crippen molar-refractivity contribution in [3.05, 3.63) is 52.6 Å². The van der Waals surface area contributed by atoms with Crippen LogP contribution in [0.3, 0.4) is 0 Å². The van der Waals surface area contributed by atoms with E-state index < -0.39 is 10.0 Å². The Labute approximate surface area is 145 Å². The molecule has 7 heteroatoms. The zero-order valence-corrected chi connectivity index (χ0v) is 15.2. The topological polar surface area (TPSA) is 53.5 Å². The molecule has 0 saturated carbocycles. The number of anilines is 1. The van der Waals surface area contributed by atoms with Gasteiger partial charge < -0.3 is 4.90 Å². The minimum atomic E-state index is -3.44. The molecule has 1 aromatic carbocycles. The Morgan fingerprint density at radius 3 is 2.43 bits per heavy atom. The number of halogens is 1. The van der Waals surface area contributed by atoms with Crippen LogP contribution < -0.4 is 4.90 Å². The van der Waals surface area contributed by atoms with Gasteiger partial charge in [0.1, 0.15) is 5.82 Å². The van der Waals surface area contributed by atoms with Crippen molar-refractivity contribution in [3.8, 4) is 0 Å². The Morgan fingerprint density at radius 2 is 1.83 bits per heavy atom. The van der Waals surface area contributed by atoms with Crippen molar-refractivity contribution >= 4 is 31.8 Å². The van der Waals surface area contributed by atoms with Crippen LogP contribution in [0.15, 0.2) is 52.0 Å². The van der Waals surface area contributed by atoms with Gasteiger partial charge in [-0.1, -0.05) is 22.0 Å². The minimum absolute atomic E-state index is 0.351. The summed E-state index contributed by atoms with van der Waals surface area (Å²) in [5, 5.41) is 0. The first-order valence-electron chi connectivity index (χ1n) is 7.41. The molecule has 0 unspecified atom stereocenters. The first-order valence-corrected chi connectivity index (χ1v) is 9.64. The number of benzene rings is 1. The van der Waals surface area contributed by atoms with Crippen molar-refractivity contribution in [2.45, 2.75) is 11.8 Å². The van der Waals surface area contributed by atoms with E-state index in [1.165, 1.54) is 0 Å². The summed E-state index contributed by atoms with van der Waals surface area (Å²) < 4.78 is 28.0. The van der Waals surface area contributed by atoms with Gasteiger partial charge in [0.2, 0.25) is 10.0 Å². The van der Waals surface area contributed by atoms with Crippen LogP contribution in [0, 0.1) is 6.92 Å². The van der Waals surface area contributed by atoms with Gasteiger partial charge in [0, 0.05) is 36.8 Å². The van der Waals surface area contributed by atoms with Crippen molar-refractivity contribution in [2.24, 2.45) is 0 Å². The maximum atomic E-state index is 12.8. The second-order valence-corrected chi connectivity index (χ2v) is 8.28. The van der Waals surface area contributed by atoms with E-state index in [0.717, 1.165) is 15.9 Å². The molecule has 1 aliphatic heterocycles. The van der Waals surface area contributed by atoms with E-state index in [-0.39, 0.29) is 0 Å². The molecular weight excluding hydrogens is 378 g/mol. The number of hydrogen-bond donors (Lipinski definition) is 0. The number of rotatable bonds is 3. The highest BCUT2D eigenvalue weighted by atomic mass is 79.9. The van der Waals surface area contributed by atoms with E-state index in [4.69, 9.17) is 0 Å². The fourth-order valence-electron chi connectivity index (χ4n) is 2.63.